The smallest absolute Gasteiger partial charge is 0.0571 e. The van der Waals surface area contributed by atoms with Crippen molar-refractivity contribution in [3.8, 4) is 0 Å². The van der Waals surface area contributed by atoms with E-state index in [2.05, 4.69) is 144 Å². The Labute approximate surface area is 285 Å². The Hall–Kier alpha value is -0.200. The molecule has 0 rings (SSSR count). The first-order chi connectivity index (χ1) is 20.9. The van der Waals surface area contributed by atoms with Gasteiger partial charge in [-0.2, -0.15) is 0 Å². The fraction of sp³-hybridized carbons (Fsp3) is 0.975. The highest BCUT2D eigenvalue weighted by Gasteiger charge is 2.47. The summed E-state index contributed by atoms with van der Waals surface area (Å²) in [7, 11) is 2.40. The molecule has 0 aromatic carbocycles. The van der Waals surface area contributed by atoms with Gasteiger partial charge in [0.15, 0.2) is 0 Å². The van der Waals surface area contributed by atoms with E-state index in [1.54, 1.807) is 0 Å². The van der Waals surface area contributed by atoms with Crippen LogP contribution in [0.1, 0.15) is 156 Å². The number of hydrogen-bond donors (Lipinski definition) is 3. The molecule has 0 aromatic rings. The van der Waals surface area contributed by atoms with E-state index in [1.807, 2.05) is 0 Å². The molecule has 5 heteroatoms. The quantitative estimate of drug-likeness (QED) is 0.0883. The van der Waals surface area contributed by atoms with Gasteiger partial charge >= 0.3 is 0 Å². The first-order valence-corrected chi connectivity index (χ1v) is 19.4. The maximum Gasteiger partial charge on any atom is 0.0571 e. The first-order valence-electron chi connectivity index (χ1n) is 19.4. The van der Waals surface area contributed by atoms with Crippen LogP contribution in [0.3, 0.4) is 0 Å². The third-order valence-electron chi connectivity index (χ3n) is 11.6. The lowest BCUT2D eigenvalue weighted by atomic mass is 9.70. The molecule has 0 fully saturated rings. The zero-order valence-electron chi connectivity index (χ0n) is 34.1. The van der Waals surface area contributed by atoms with Crippen LogP contribution in [0.4, 0.5) is 0 Å². The number of nitrogens with one attached hydrogen (secondary N) is 3. The second-order valence-corrected chi connectivity index (χ2v) is 16.8. The third kappa shape index (κ3) is 15.3. The van der Waals surface area contributed by atoms with Crippen LogP contribution in [0.2, 0.25) is 0 Å². The highest BCUT2D eigenvalue weighted by Crippen LogP contribution is 2.38. The van der Waals surface area contributed by atoms with Crippen molar-refractivity contribution in [2.45, 2.75) is 179 Å². The van der Waals surface area contributed by atoms with Gasteiger partial charge in [-0.1, -0.05) is 103 Å². The Morgan fingerprint density at radius 3 is 1.78 bits per heavy atom. The SMILES string of the molecule is CC[C](NC(C)(C)C(C)C)C(CCNC(C)C(C)(C)C)(NCC(CC)CC)C(CCN(CC)CC(C)C)CN(C)C(CC)CC. The zero-order chi connectivity index (χ0) is 35.0. The van der Waals surface area contributed by atoms with E-state index < -0.39 is 0 Å². The molecular formula is C40H86N5. The van der Waals surface area contributed by atoms with Gasteiger partial charge in [-0.25, -0.2) is 0 Å². The largest absolute Gasteiger partial charge is 0.314 e. The van der Waals surface area contributed by atoms with Crippen molar-refractivity contribution in [3.63, 3.8) is 0 Å². The predicted octanol–water partition coefficient (Wildman–Crippen LogP) is 9.24. The van der Waals surface area contributed by atoms with E-state index in [-0.39, 0.29) is 16.5 Å². The molecule has 0 aliphatic heterocycles. The summed E-state index contributed by atoms with van der Waals surface area (Å²) in [6.07, 6.45) is 8.18. The molecule has 0 spiro atoms. The molecule has 3 N–H and O–H groups in total. The summed E-state index contributed by atoms with van der Waals surface area (Å²) in [6, 6.07) is 2.59. The number of nitrogens with zero attached hydrogens (tertiary/aromatic N) is 2. The van der Waals surface area contributed by atoms with Crippen molar-refractivity contribution in [2.75, 3.05) is 46.3 Å². The Morgan fingerprint density at radius 1 is 0.778 bits per heavy atom. The van der Waals surface area contributed by atoms with Crippen LogP contribution in [-0.4, -0.2) is 79.3 Å². The zero-order valence-corrected chi connectivity index (χ0v) is 34.1. The molecule has 0 bridgehead atoms. The summed E-state index contributed by atoms with van der Waals surface area (Å²) in [6.45, 7) is 44.6. The third-order valence-corrected chi connectivity index (χ3v) is 11.6. The Bertz CT molecular complexity index is 721. The van der Waals surface area contributed by atoms with Crippen LogP contribution in [0, 0.1) is 35.1 Å². The Kier molecular flexibility index (Phi) is 21.6. The molecule has 0 saturated carbocycles. The van der Waals surface area contributed by atoms with Crippen LogP contribution in [0.25, 0.3) is 0 Å². The number of hydrogen-bond acceptors (Lipinski definition) is 5. The van der Waals surface area contributed by atoms with Crippen molar-refractivity contribution in [1.29, 1.82) is 0 Å². The minimum Gasteiger partial charge on any atom is -0.314 e. The van der Waals surface area contributed by atoms with Gasteiger partial charge in [0.25, 0.3) is 0 Å². The van der Waals surface area contributed by atoms with Crippen molar-refractivity contribution in [2.24, 2.45) is 29.1 Å². The molecule has 0 aliphatic carbocycles. The molecule has 0 aliphatic rings. The molecule has 0 saturated heterocycles. The molecule has 5 nitrogen and oxygen atoms in total. The summed E-state index contributed by atoms with van der Waals surface area (Å²) in [5.41, 5.74) is 0.123. The summed E-state index contributed by atoms with van der Waals surface area (Å²) >= 11 is 0. The normalized spacial score (nSPS) is 16.3. The van der Waals surface area contributed by atoms with E-state index in [9.17, 15) is 0 Å². The van der Waals surface area contributed by atoms with E-state index >= 15 is 0 Å². The van der Waals surface area contributed by atoms with Gasteiger partial charge in [0.1, 0.15) is 0 Å². The maximum absolute atomic E-state index is 4.44. The van der Waals surface area contributed by atoms with Crippen LogP contribution in [-0.2, 0) is 0 Å². The molecule has 1 radical (unpaired) electrons. The van der Waals surface area contributed by atoms with Gasteiger partial charge in [0, 0.05) is 36.3 Å². The average Bonchev–Trinajstić information content (AvgIpc) is 2.96. The van der Waals surface area contributed by atoms with Crippen LogP contribution < -0.4 is 16.0 Å². The molecule has 0 heterocycles. The van der Waals surface area contributed by atoms with Gasteiger partial charge in [-0.15, -0.1) is 0 Å². The highest BCUT2D eigenvalue weighted by molar-refractivity contribution is 5.17. The average molecular weight is 637 g/mol. The first kappa shape index (κ1) is 44.8. The fourth-order valence-corrected chi connectivity index (χ4v) is 6.82. The summed E-state index contributed by atoms with van der Waals surface area (Å²) in [4.78, 5) is 5.42. The standard InChI is InChI=1S/C40H86N5/c1-18-34(19-2)28-42-40(25-26-41-33(11)38(12,13)14,37(22-5)43-39(15,16)32(9)10)35(30-44(17)36(20-3)21-4)24-27-45(23-6)29-31(7)8/h31-36,41-43H,18-30H2,1-17H3. The molecular weight excluding hydrogens is 550 g/mol. The van der Waals surface area contributed by atoms with E-state index in [0.717, 1.165) is 45.6 Å². The topological polar surface area (TPSA) is 42.6 Å². The molecule has 3 atom stereocenters. The van der Waals surface area contributed by atoms with E-state index in [1.165, 1.54) is 44.7 Å². The maximum atomic E-state index is 4.44. The van der Waals surface area contributed by atoms with Crippen LogP contribution in [0.5, 0.6) is 0 Å². The van der Waals surface area contributed by atoms with Gasteiger partial charge in [-0.3, -0.25) is 0 Å². The summed E-state index contributed by atoms with van der Waals surface area (Å²) < 4.78 is 0. The van der Waals surface area contributed by atoms with E-state index in [4.69, 9.17) is 0 Å². The lowest BCUT2D eigenvalue weighted by molar-refractivity contribution is 0.0829. The molecule has 45 heavy (non-hydrogen) atoms. The molecule has 0 aromatic heterocycles. The summed E-state index contributed by atoms with van der Waals surface area (Å²) in [5.74, 6) is 2.38. The lowest BCUT2D eigenvalue weighted by Crippen LogP contribution is -2.66. The van der Waals surface area contributed by atoms with Gasteiger partial charge in [0.2, 0.25) is 0 Å². The number of rotatable bonds is 26. The highest BCUT2D eigenvalue weighted by atomic mass is 15.2. The van der Waals surface area contributed by atoms with Gasteiger partial charge in [-0.05, 0) is 115 Å². The second-order valence-electron chi connectivity index (χ2n) is 16.8. The Morgan fingerprint density at radius 2 is 1.36 bits per heavy atom. The van der Waals surface area contributed by atoms with Crippen molar-refractivity contribution in [3.05, 3.63) is 6.04 Å². The van der Waals surface area contributed by atoms with Crippen LogP contribution >= 0.6 is 0 Å². The monoisotopic (exact) mass is 637 g/mol. The predicted molar refractivity (Wildman–Crippen MR) is 204 cm³/mol. The second kappa shape index (κ2) is 21.7. The van der Waals surface area contributed by atoms with Gasteiger partial charge < -0.3 is 25.8 Å². The molecule has 271 valence electrons. The minimum atomic E-state index is -0.119. The van der Waals surface area contributed by atoms with Crippen molar-refractivity contribution >= 4 is 0 Å². The minimum absolute atomic E-state index is 0.0121. The Balaban J connectivity index is 7.24. The van der Waals surface area contributed by atoms with Crippen molar-refractivity contribution in [1.82, 2.24) is 25.8 Å². The van der Waals surface area contributed by atoms with Gasteiger partial charge in [0.05, 0.1) is 6.04 Å². The fourth-order valence-electron chi connectivity index (χ4n) is 6.82. The van der Waals surface area contributed by atoms with Crippen LogP contribution in [0.15, 0.2) is 0 Å². The molecule has 0 amide bonds. The van der Waals surface area contributed by atoms with E-state index in [0.29, 0.717) is 35.8 Å². The van der Waals surface area contributed by atoms with Crippen molar-refractivity contribution < 1.29 is 0 Å². The lowest BCUT2D eigenvalue weighted by Gasteiger charge is -2.52. The summed E-state index contributed by atoms with van der Waals surface area (Å²) in [5, 5.41) is 12.7. The molecule has 3 unspecified atom stereocenters.